The third-order valence-corrected chi connectivity index (χ3v) is 9.27. The lowest BCUT2D eigenvalue weighted by molar-refractivity contribution is -0.113. The topological polar surface area (TPSA) is 76.6 Å². The second-order valence-electron chi connectivity index (χ2n) is 8.99. The third kappa shape index (κ3) is 5.17. The maximum absolute atomic E-state index is 13.8. The first-order valence-corrected chi connectivity index (χ1v) is 14.4. The van der Waals surface area contributed by atoms with E-state index in [2.05, 4.69) is 69.8 Å². The molecule has 2 aromatic heterocycles. The van der Waals surface area contributed by atoms with Crippen LogP contribution in [0.2, 0.25) is 0 Å². The zero-order chi connectivity index (χ0) is 26.3. The number of benzene rings is 2. The van der Waals surface area contributed by atoms with Gasteiger partial charge in [0.15, 0.2) is 8.57 Å². The normalized spacial score (nSPS) is 15.6. The van der Waals surface area contributed by atoms with Crippen LogP contribution in [0, 0.1) is 3.77 Å². The summed E-state index contributed by atoms with van der Waals surface area (Å²) in [5.41, 5.74) is 3.51. The minimum atomic E-state index is -0.619. The van der Waals surface area contributed by atoms with E-state index in [0.29, 0.717) is 41.7 Å². The van der Waals surface area contributed by atoms with Gasteiger partial charge in [-0.1, -0.05) is 67.6 Å². The molecule has 0 radical (unpaired) electrons. The molecule has 0 aliphatic carbocycles. The van der Waals surface area contributed by atoms with Gasteiger partial charge in [-0.15, -0.1) is 0 Å². The van der Waals surface area contributed by atoms with E-state index in [0.717, 1.165) is 10.0 Å². The van der Waals surface area contributed by atoms with Crippen LogP contribution in [0.1, 0.15) is 49.6 Å². The quantitative estimate of drug-likeness (QED) is 0.263. The molecule has 4 aromatic rings. The van der Waals surface area contributed by atoms with Crippen LogP contribution in [0.3, 0.4) is 0 Å². The number of fused-ring (bicyclic) bond motifs is 1. The number of nitrogens with one attached hydrogen (secondary N) is 1. The lowest BCUT2D eigenvalue weighted by Gasteiger charge is -2.25. The summed E-state index contributed by atoms with van der Waals surface area (Å²) in [5.74, 6) is 0.644. The van der Waals surface area contributed by atoms with Crippen molar-refractivity contribution in [2.24, 2.45) is 4.99 Å². The number of anilines is 1. The first-order valence-electron chi connectivity index (χ1n) is 11.7. The molecule has 1 aliphatic rings. The predicted octanol–water partition coefficient (Wildman–Crippen LogP) is 5.96. The third-order valence-electron chi connectivity index (χ3n) is 6.15. The molecule has 0 fully saturated rings. The van der Waals surface area contributed by atoms with E-state index in [1.807, 2.05) is 55.5 Å². The summed E-state index contributed by atoms with van der Waals surface area (Å²) >= 11 is 6.82. The maximum Gasteiger partial charge on any atom is 0.271 e. The number of amides is 1. The Balaban J connectivity index is 1.67. The van der Waals surface area contributed by atoms with E-state index >= 15 is 0 Å². The Labute approximate surface area is 239 Å². The number of nitrogens with zero attached hydrogens (tertiary/aromatic N) is 2. The second-order valence-corrected chi connectivity index (χ2v) is 11.8. The molecule has 1 N–H and O–H groups in total. The molecule has 37 heavy (non-hydrogen) atoms. The molecular formula is C28H23BrIN3O3S. The fourth-order valence-electron chi connectivity index (χ4n) is 4.27. The SMILES string of the molecule is CC1=C(C(=O)Nc2ccccc2)[C@@H](c2ccc(C(C)C)cc2)n2c(s/c(=C/c3cc(Br)c(I)o3)c2=O)=N1. The summed E-state index contributed by atoms with van der Waals surface area (Å²) in [6.07, 6.45) is 1.72. The summed E-state index contributed by atoms with van der Waals surface area (Å²) < 4.78 is 9.37. The van der Waals surface area contributed by atoms with Crippen molar-refractivity contribution < 1.29 is 9.21 Å². The number of hydrogen-bond acceptors (Lipinski definition) is 5. The second kappa shape index (κ2) is 10.5. The number of hydrogen-bond donors (Lipinski definition) is 1. The van der Waals surface area contributed by atoms with E-state index in [4.69, 9.17) is 9.41 Å². The van der Waals surface area contributed by atoms with Crippen molar-refractivity contribution in [3.8, 4) is 0 Å². The van der Waals surface area contributed by atoms with Gasteiger partial charge in [0, 0.05) is 34.4 Å². The number of allylic oxidation sites excluding steroid dienone is 1. The molecule has 1 amide bonds. The summed E-state index contributed by atoms with van der Waals surface area (Å²) in [6, 6.07) is 18.6. The number of rotatable bonds is 5. The molecule has 0 saturated carbocycles. The van der Waals surface area contributed by atoms with Crippen molar-refractivity contribution in [2.75, 3.05) is 5.32 Å². The number of carbonyl (C=O) groups is 1. The van der Waals surface area contributed by atoms with Gasteiger partial charge in [-0.2, -0.15) is 0 Å². The van der Waals surface area contributed by atoms with Crippen molar-refractivity contribution in [2.45, 2.75) is 32.7 Å². The van der Waals surface area contributed by atoms with Crippen molar-refractivity contribution >= 4 is 67.5 Å². The van der Waals surface area contributed by atoms with Gasteiger partial charge < -0.3 is 9.73 Å². The van der Waals surface area contributed by atoms with Gasteiger partial charge >= 0.3 is 0 Å². The van der Waals surface area contributed by atoms with Crippen molar-refractivity contribution in [1.82, 2.24) is 4.57 Å². The Morgan fingerprint density at radius 2 is 1.89 bits per heavy atom. The van der Waals surface area contributed by atoms with Gasteiger partial charge in [-0.3, -0.25) is 14.2 Å². The average molecular weight is 688 g/mol. The molecule has 0 spiro atoms. The molecule has 0 unspecified atom stereocenters. The molecule has 1 atom stereocenters. The Kier molecular flexibility index (Phi) is 7.37. The van der Waals surface area contributed by atoms with E-state index in [1.54, 1.807) is 10.6 Å². The monoisotopic (exact) mass is 687 g/mol. The van der Waals surface area contributed by atoms with Crippen LogP contribution in [0.25, 0.3) is 6.08 Å². The van der Waals surface area contributed by atoms with E-state index in [9.17, 15) is 9.59 Å². The lowest BCUT2D eigenvalue weighted by atomic mass is 9.93. The summed E-state index contributed by atoms with van der Waals surface area (Å²) in [7, 11) is 0. The molecule has 5 rings (SSSR count). The zero-order valence-corrected chi connectivity index (χ0v) is 24.8. The van der Waals surface area contributed by atoms with Crippen LogP contribution in [-0.2, 0) is 4.79 Å². The van der Waals surface area contributed by atoms with Gasteiger partial charge in [0.1, 0.15) is 5.76 Å². The van der Waals surface area contributed by atoms with Gasteiger partial charge in [-0.05, 0) is 58.1 Å². The van der Waals surface area contributed by atoms with Crippen LogP contribution in [0.5, 0.6) is 0 Å². The van der Waals surface area contributed by atoms with Gasteiger partial charge in [0.2, 0.25) is 0 Å². The highest BCUT2D eigenvalue weighted by Gasteiger charge is 2.32. The largest absolute Gasteiger partial charge is 0.450 e. The molecule has 0 bridgehead atoms. The summed E-state index contributed by atoms with van der Waals surface area (Å²) in [5, 5.41) is 2.98. The number of furan rings is 1. The van der Waals surface area contributed by atoms with Crippen molar-refractivity contribution in [3.63, 3.8) is 0 Å². The summed E-state index contributed by atoms with van der Waals surface area (Å²) in [4.78, 5) is 32.6. The Morgan fingerprint density at radius 1 is 1.19 bits per heavy atom. The van der Waals surface area contributed by atoms with Gasteiger partial charge in [-0.25, -0.2) is 4.99 Å². The Hall–Kier alpha value is -2.76. The van der Waals surface area contributed by atoms with Gasteiger partial charge in [0.05, 0.1) is 26.3 Å². The highest BCUT2D eigenvalue weighted by Crippen LogP contribution is 2.32. The average Bonchev–Trinajstić information content (AvgIpc) is 3.35. The van der Waals surface area contributed by atoms with Crippen molar-refractivity contribution in [1.29, 1.82) is 0 Å². The van der Waals surface area contributed by atoms with Crippen LogP contribution >= 0.6 is 49.9 Å². The molecule has 188 valence electrons. The van der Waals surface area contributed by atoms with Crippen molar-refractivity contribution in [3.05, 3.63) is 117 Å². The molecule has 1 aliphatic heterocycles. The smallest absolute Gasteiger partial charge is 0.271 e. The fraction of sp³-hybridized carbons (Fsp3) is 0.179. The number of halogens is 2. The number of para-hydroxylation sites is 1. The van der Waals surface area contributed by atoms with E-state index in [-0.39, 0.29) is 11.5 Å². The van der Waals surface area contributed by atoms with Crippen LogP contribution in [0.15, 0.2) is 90.6 Å². The maximum atomic E-state index is 13.8. The Bertz CT molecular complexity index is 1680. The molecule has 2 aromatic carbocycles. The Morgan fingerprint density at radius 3 is 2.51 bits per heavy atom. The highest BCUT2D eigenvalue weighted by molar-refractivity contribution is 14.1. The number of thiazole rings is 1. The number of carbonyl (C=O) groups excluding carboxylic acids is 1. The van der Waals surface area contributed by atoms with Crippen LogP contribution in [0.4, 0.5) is 5.69 Å². The first kappa shape index (κ1) is 25.9. The van der Waals surface area contributed by atoms with E-state index < -0.39 is 6.04 Å². The predicted molar refractivity (Wildman–Crippen MR) is 158 cm³/mol. The van der Waals surface area contributed by atoms with E-state index in [1.165, 1.54) is 16.9 Å². The lowest BCUT2D eigenvalue weighted by Crippen LogP contribution is -2.40. The van der Waals surface area contributed by atoms with Crippen LogP contribution in [-0.4, -0.2) is 10.5 Å². The van der Waals surface area contributed by atoms with Gasteiger partial charge in [0.25, 0.3) is 11.5 Å². The molecule has 0 saturated heterocycles. The number of aromatic nitrogens is 1. The van der Waals surface area contributed by atoms with Crippen LogP contribution < -0.4 is 20.2 Å². The first-order chi connectivity index (χ1) is 17.7. The fourth-order valence-corrected chi connectivity index (χ4v) is 6.02. The zero-order valence-electron chi connectivity index (χ0n) is 20.3. The summed E-state index contributed by atoms with van der Waals surface area (Å²) in [6.45, 7) is 6.09. The molecule has 9 heteroatoms. The highest BCUT2D eigenvalue weighted by atomic mass is 127. The standard InChI is InChI=1S/C28H23BrIN3O3S/c1-15(2)17-9-11-18(12-10-17)24-23(26(34)32-19-7-5-4-6-8-19)16(3)31-28-33(24)27(35)22(37-28)14-20-13-21(29)25(30)36-20/h4-15,24H,1-3H3,(H,32,34)/b22-14+/t24-/m1/s1. The minimum absolute atomic E-state index is 0.221. The molecule has 6 nitrogen and oxygen atoms in total. The molecular weight excluding hydrogens is 665 g/mol. The minimum Gasteiger partial charge on any atom is -0.450 e. The molecule has 3 heterocycles.